The minimum Gasteiger partial charge on any atom is -0.374 e. The van der Waals surface area contributed by atoms with Crippen LogP contribution in [0.2, 0.25) is 0 Å². The van der Waals surface area contributed by atoms with Gasteiger partial charge in [0.2, 0.25) is 0 Å². The van der Waals surface area contributed by atoms with Crippen LogP contribution in [0.15, 0.2) is 12.5 Å². The number of aromatic nitrogens is 2. The maximum Gasteiger partial charge on any atom is 0.145 e. The zero-order valence-electron chi connectivity index (χ0n) is 8.07. The van der Waals surface area contributed by atoms with Gasteiger partial charge in [0.05, 0.1) is 16.3 Å². The fraction of sp³-hybridized carbons (Fsp3) is 0.556. The molecule has 4 nitrogen and oxygen atoms in total. The molecule has 0 bridgehead atoms. The second-order valence-corrected chi connectivity index (χ2v) is 5.10. The van der Waals surface area contributed by atoms with Gasteiger partial charge in [0, 0.05) is 24.6 Å². The van der Waals surface area contributed by atoms with Crippen molar-refractivity contribution >= 4 is 44.3 Å². The highest BCUT2D eigenvalue weighted by Gasteiger charge is 2.21. The summed E-state index contributed by atoms with van der Waals surface area (Å²) >= 11 is 5.71. The molecule has 15 heavy (non-hydrogen) atoms. The first kappa shape index (κ1) is 11.5. The number of hydrogen-bond donors (Lipinski definition) is 0. The Morgan fingerprint density at radius 2 is 2.53 bits per heavy atom. The van der Waals surface area contributed by atoms with Crippen LogP contribution in [0, 0.1) is 3.57 Å². The van der Waals surface area contributed by atoms with Gasteiger partial charge in [0.25, 0.3) is 0 Å². The molecule has 0 amide bonds. The van der Waals surface area contributed by atoms with Crippen LogP contribution in [0.4, 0.5) is 5.82 Å². The SMILES string of the molecule is BrCC1CN(c2ncncc2I)CCO1. The highest BCUT2D eigenvalue weighted by atomic mass is 127. The molecule has 2 rings (SSSR count). The van der Waals surface area contributed by atoms with Gasteiger partial charge in [-0.2, -0.15) is 0 Å². The van der Waals surface area contributed by atoms with Gasteiger partial charge < -0.3 is 9.64 Å². The Balaban J connectivity index is 2.13. The summed E-state index contributed by atoms with van der Waals surface area (Å²) in [4.78, 5) is 10.5. The van der Waals surface area contributed by atoms with Gasteiger partial charge in [-0.15, -0.1) is 0 Å². The van der Waals surface area contributed by atoms with Crippen molar-refractivity contribution in [2.75, 3.05) is 29.9 Å². The van der Waals surface area contributed by atoms with Crippen LogP contribution in [0.3, 0.4) is 0 Å². The molecule has 1 aromatic heterocycles. The van der Waals surface area contributed by atoms with Gasteiger partial charge in [0.15, 0.2) is 0 Å². The van der Waals surface area contributed by atoms with Crippen molar-refractivity contribution in [1.29, 1.82) is 0 Å². The predicted octanol–water partition coefficient (Wildman–Crippen LogP) is 1.68. The Labute approximate surface area is 111 Å². The number of morpholine rings is 1. The number of halogens is 2. The van der Waals surface area contributed by atoms with E-state index in [0.717, 1.165) is 34.4 Å². The second kappa shape index (κ2) is 5.40. The van der Waals surface area contributed by atoms with Crippen LogP contribution in [-0.4, -0.2) is 41.1 Å². The number of ether oxygens (including phenoxy) is 1. The van der Waals surface area contributed by atoms with E-state index in [-0.39, 0.29) is 6.10 Å². The van der Waals surface area contributed by atoms with E-state index >= 15 is 0 Å². The summed E-state index contributed by atoms with van der Waals surface area (Å²) < 4.78 is 6.67. The molecule has 1 fully saturated rings. The molecule has 6 heteroatoms. The van der Waals surface area contributed by atoms with E-state index in [1.807, 2.05) is 6.20 Å². The third-order valence-corrected chi connectivity index (χ3v) is 3.74. The van der Waals surface area contributed by atoms with E-state index in [9.17, 15) is 0 Å². The maximum absolute atomic E-state index is 5.58. The third-order valence-electron chi connectivity index (χ3n) is 2.26. The third kappa shape index (κ3) is 2.79. The Kier molecular flexibility index (Phi) is 4.15. The minimum absolute atomic E-state index is 0.254. The molecular weight excluding hydrogens is 373 g/mol. The molecule has 1 atom stereocenters. The van der Waals surface area contributed by atoms with Crippen molar-refractivity contribution in [2.24, 2.45) is 0 Å². The molecule has 1 aliphatic heterocycles. The van der Waals surface area contributed by atoms with E-state index in [4.69, 9.17) is 4.74 Å². The van der Waals surface area contributed by atoms with Crippen LogP contribution in [0.25, 0.3) is 0 Å². The van der Waals surface area contributed by atoms with Crippen molar-refractivity contribution in [3.8, 4) is 0 Å². The van der Waals surface area contributed by atoms with Crippen molar-refractivity contribution < 1.29 is 4.74 Å². The van der Waals surface area contributed by atoms with E-state index in [1.54, 1.807) is 6.33 Å². The van der Waals surface area contributed by atoms with Crippen molar-refractivity contribution in [1.82, 2.24) is 9.97 Å². The standard InChI is InChI=1S/C9H11BrIN3O/c10-3-7-5-14(1-2-15-7)9-8(11)4-12-6-13-9/h4,6-7H,1-3,5H2. The number of anilines is 1. The lowest BCUT2D eigenvalue weighted by Gasteiger charge is -2.33. The molecule has 82 valence electrons. The summed E-state index contributed by atoms with van der Waals surface area (Å²) in [6.45, 7) is 2.55. The van der Waals surface area contributed by atoms with Gasteiger partial charge in [-0.25, -0.2) is 9.97 Å². The molecule has 0 aliphatic carbocycles. The number of alkyl halides is 1. The number of rotatable bonds is 2. The smallest absolute Gasteiger partial charge is 0.145 e. The predicted molar refractivity (Wildman–Crippen MR) is 70.5 cm³/mol. The van der Waals surface area contributed by atoms with Crippen LogP contribution in [0.5, 0.6) is 0 Å². The number of nitrogens with zero attached hydrogens (tertiary/aromatic N) is 3. The van der Waals surface area contributed by atoms with Crippen LogP contribution in [0.1, 0.15) is 0 Å². The second-order valence-electron chi connectivity index (χ2n) is 3.29. The minimum atomic E-state index is 0.254. The molecule has 0 radical (unpaired) electrons. The van der Waals surface area contributed by atoms with Gasteiger partial charge >= 0.3 is 0 Å². The van der Waals surface area contributed by atoms with Gasteiger partial charge in [-0.3, -0.25) is 0 Å². The quantitative estimate of drug-likeness (QED) is 0.575. The lowest BCUT2D eigenvalue weighted by molar-refractivity contribution is 0.0567. The fourth-order valence-electron chi connectivity index (χ4n) is 1.54. The van der Waals surface area contributed by atoms with Crippen LogP contribution in [-0.2, 0) is 4.74 Å². The van der Waals surface area contributed by atoms with Crippen molar-refractivity contribution in [3.63, 3.8) is 0 Å². The largest absolute Gasteiger partial charge is 0.374 e. The van der Waals surface area contributed by atoms with E-state index in [0.29, 0.717) is 0 Å². The monoisotopic (exact) mass is 383 g/mol. The summed E-state index contributed by atoms with van der Waals surface area (Å²) in [5, 5.41) is 0.866. The van der Waals surface area contributed by atoms with E-state index in [2.05, 4.69) is 53.4 Å². The maximum atomic E-state index is 5.58. The van der Waals surface area contributed by atoms with Crippen LogP contribution < -0.4 is 4.90 Å². The molecule has 1 aromatic rings. The molecule has 0 aromatic carbocycles. The Hall–Kier alpha value is 0.0500. The van der Waals surface area contributed by atoms with Gasteiger partial charge in [0.1, 0.15) is 12.1 Å². The van der Waals surface area contributed by atoms with Crippen molar-refractivity contribution in [2.45, 2.75) is 6.10 Å². The molecular formula is C9H11BrIN3O. The van der Waals surface area contributed by atoms with E-state index in [1.165, 1.54) is 0 Å². The Morgan fingerprint density at radius 1 is 1.67 bits per heavy atom. The molecule has 0 spiro atoms. The lowest BCUT2D eigenvalue weighted by Crippen LogP contribution is -2.44. The molecule has 0 N–H and O–H groups in total. The molecule has 1 aliphatic rings. The van der Waals surface area contributed by atoms with Gasteiger partial charge in [-0.05, 0) is 22.6 Å². The zero-order valence-corrected chi connectivity index (χ0v) is 11.8. The Bertz CT molecular complexity index is 339. The summed E-state index contributed by atoms with van der Waals surface area (Å²) in [5.41, 5.74) is 0. The molecule has 1 unspecified atom stereocenters. The first-order valence-corrected chi connectivity index (χ1v) is 6.89. The number of hydrogen-bond acceptors (Lipinski definition) is 4. The van der Waals surface area contributed by atoms with Crippen molar-refractivity contribution in [3.05, 3.63) is 16.1 Å². The highest BCUT2D eigenvalue weighted by Crippen LogP contribution is 2.20. The first-order valence-electron chi connectivity index (χ1n) is 4.69. The summed E-state index contributed by atoms with van der Waals surface area (Å²) in [6.07, 6.45) is 3.68. The molecule has 0 saturated carbocycles. The average Bonchev–Trinajstić information content (AvgIpc) is 2.30. The topological polar surface area (TPSA) is 38.2 Å². The first-order chi connectivity index (χ1) is 7.31. The Morgan fingerprint density at radius 3 is 3.27 bits per heavy atom. The fourth-order valence-corrected chi connectivity index (χ4v) is 2.58. The summed E-state index contributed by atoms with van der Waals surface area (Å²) in [5.74, 6) is 1.01. The van der Waals surface area contributed by atoms with Gasteiger partial charge in [-0.1, -0.05) is 15.9 Å². The van der Waals surface area contributed by atoms with Crippen LogP contribution >= 0.6 is 38.5 Å². The molecule has 1 saturated heterocycles. The molecule has 2 heterocycles. The normalized spacial score (nSPS) is 21.7. The summed E-state index contributed by atoms with van der Waals surface area (Å²) in [6, 6.07) is 0. The summed E-state index contributed by atoms with van der Waals surface area (Å²) in [7, 11) is 0. The lowest BCUT2D eigenvalue weighted by atomic mass is 10.3. The average molecular weight is 384 g/mol. The van der Waals surface area contributed by atoms with E-state index < -0.39 is 0 Å². The highest BCUT2D eigenvalue weighted by molar-refractivity contribution is 14.1. The zero-order chi connectivity index (χ0) is 10.7.